The number of hydrogen-bond acceptors (Lipinski definition) is 4. The van der Waals surface area contributed by atoms with E-state index >= 15 is 0 Å². The Morgan fingerprint density at radius 3 is 2.54 bits per heavy atom. The molecule has 1 N–H and O–H groups in total. The lowest BCUT2D eigenvalue weighted by Crippen LogP contribution is -2.28. The third-order valence-corrected chi connectivity index (χ3v) is 4.29. The lowest BCUT2D eigenvalue weighted by molar-refractivity contribution is -0.122. The van der Waals surface area contributed by atoms with E-state index in [1.165, 1.54) is 36.3 Å². The molecule has 26 heavy (non-hydrogen) atoms. The van der Waals surface area contributed by atoms with Crippen LogP contribution in [0.4, 0.5) is 15.8 Å². The largest absolute Gasteiger partial charge is 0.497 e. The predicted octanol–water partition coefficient (Wildman–Crippen LogP) is 2.83. The summed E-state index contributed by atoms with van der Waals surface area (Å²) >= 11 is 0. The number of methoxy groups -OCH3 is 2. The normalized spacial score (nSPS) is 16.5. The van der Waals surface area contributed by atoms with Gasteiger partial charge in [0, 0.05) is 24.7 Å². The summed E-state index contributed by atoms with van der Waals surface area (Å²) in [5.74, 6) is -0.205. The molecule has 2 amide bonds. The molecule has 1 saturated heterocycles. The average molecular weight is 358 g/mol. The number of carbonyl (C=O) groups is 2. The Balaban J connectivity index is 1.74. The van der Waals surface area contributed by atoms with Crippen LogP contribution < -0.4 is 19.7 Å². The van der Waals surface area contributed by atoms with Gasteiger partial charge in [0.2, 0.25) is 11.8 Å². The van der Waals surface area contributed by atoms with Crippen molar-refractivity contribution in [3.63, 3.8) is 0 Å². The van der Waals surface area contributed by atoms with Crippen LogP contribution in [-0.4, -0.2) is 32.6 Å². The van der Waals surface area contributed by atoms with Gasteiger partial charge >= 0.3 is 0 Å². The Labute approximate surface area is 150 Å². The van der Waals surface area contributed by atoms with Gasteiger partial charge in [-0.2, -0.15) is 0 Å². The molecule has 0 aromatic heterocycles. The molecular formula is C19H19FN2O4. The van der Waals surface area contributed by atoms with E-state index in [1.807, 2.05) is 0 Å². The van der Waals surface area contributed by atoms with Crippen molar-refractivity contribution in [3.8, 4) is 11.5 Å². The maximum Gasteiger partial charge on any atom is 0.229 e. The molecule has 3 rings (SSSR count). The number of benzene rings is 2. The average Bonchev–Trinajstić information content (AvgIpc) is 3.04. The lowest BCUT2D eigenvalue weighted by atomic mass is 10.1. The van der Waals surface area contributed by atoms with Crippen LogP contribution in [0.5, 0.6) is 11.5 Å². The highest BCUT2D eigenvalue weighted by Gasteiger charge is 2.36. The number of carbonyl (C=O) groups excluding carboxylic acids is 2. The smallest absolute Gasteiger partial charge is 0.229 e. The minimum atomic E-state index is -0.501. The Hall–Kier alpha value is -3.09. The highest BCUT2D eigenvalue weighted by atomic mass is 19.1. The molecule has 1 atom stereocenters. The van der Waals surface area contributed by atoms with Crippen LogP contribution in [0.15, 0.2) is 42.5 Å². The van der Waals surface area contributed by atoms with Gasteiger partial charge in [0.15, 0.2) is 0 Å². The first-order valence-electron chi connectivity index (χ1n) is 8.10. The second-order valence-corrected chi connectivity index (χ2v) is 5.94. The van der Waals surface area contributed by atoms with Crippen molar-refractivity contribution in [3.05, 3.63) is 48.3 Å². The number of nitrogens with one attached hydrogen (secondary N) is 1. The zero-order valence-electron chi connectivity index (χ0n) is 14.5. The van der Waals surface area contributed by atoms with Crippen LogP contribution in [0.2, 0.25) is 0 Å². The van der Waals surface area contributed by atoms with E-state index in [9.17, 15) is 14.0 Å². The number of anilines is 2. The third-order valence-electron chi connectivity index (χ3n) is 4.29. The summed E-state index contributed by atoms with van der Waals surface area (Å²) in [6, 6.07) is 10.7. The summed E-state index contributed by atoms with van der Waals surface area (Å²) in [5, 5.41) is 2.71. The predicted molar refractivity (Wildman–Crippen MR) is 95.0 cm³/mol. The van der Waals surface area contributed by atoms with Gasteiger partial charge in [-0.15, -0.1) is 0 Å². The molecule has 0 radical (unpaired) electrons. The summed E-state index contributed by atoms with van der Waals surface area (Å²) in [6.07, 6.45) is 0.0994. The van der Waals surface area contributed by atoms with Crippen LogP contribution in [-0.2, 0) is 9.59 Å². The first-order chi connectivity index (χ1) is 12.5. The fourth-order valence-corrected chi connectivity index (χ4v) is 2.90. The Morgan fingerprint density at radius 2 is 1.88 bits per heavy atom. The zero-order valence-corrected chi connectivity index (χ0v) is 14.5. The fraction of sp³-hybridized carbons (Fsp3) is 0.263. The maximum absolute atomic E-state index is 13.0. The van der Waals surface area contributed by atoms with E-state index in [2.05, 4.69) is 5.32 Å². The van der Waals surface area contributed by atoms with Crippen molar-refractivity contribution in [2.24, 2.45) is 5.92 Å². The number of rotatable bonds is 5. The lowest BCUT2D eigenvalue weighted by Gasteiger charge is -2.20. The van der Waals surface area contributed by atoms with Crippen LogP contribution in [0.25, 0.3) is 0 Å². The first kappa shape index (κ1) is 17.7. The Kier molecular flexibility index (Phi) is 5.06. The topological polar surface area (TPSA) is 67.9 Å². The minimum Gasteiger partial charge on any atom is -0.497 e. The summed E-state index contributed by atoms with van der Waals surface area (Å²) in [4.78, 5) is 26.4. The quantitative estimate of drug-likeness (QED) is 0.892. The third kappa shape index (κ3) is 3.61. The minimum absolute atomic E-state index is 0.0994. The SMILES string of the molecule is COc1ccc(N2C[C@H](C(=O)Nc3ccc(F)cc3)CC2=O)c(OC)c1. The zero-order chi connectivity index (χ0) is 18.7. The second kappa shape index (κ2) is 7.43. The van der Waals surface area contributed by atoms with Gasteiger partial charge in [0.05, 0.1) is 25.8 Å². The van der Waals surface area contributed by atoms with Gasteiger partial charge in [-0.1, -0.05) is 0 Å². The van der Waals surface area contributed by atoms with Gasteiger partial charge in [0.25, 0.3) is 0 Å². The van der Waals surface area contributed by atoms with Gasteiger partial charge in [-0.25, -0.2) is 4.39 Å². The van der Waals surface area contributed by atoms with E-state index < -0.39 is 5.92 Å². The van der Waals surface area contributed by atoms with Crippen molar-refractivity contribution in [2.75, 3.05) is 31.0 Å². The second-order valence-electron chi connectivity index (χ2n) is 5.94. The molecule has 0 spiro atoms. The Morgan fingerprint density at radius 1 is 1.15 bits per heavy atom. The van der Waals surface area contributed by atoms with E-state index in [0.717, 1.165) is 0 Å². The van der Waals surface area contributed by atoms with Crippen molar-refractivity contribution < 1.29 is 23.5 Å². The van der Waals surface area contributed by atoms with E-state index in [-0.39, 0.29) is 30.6 Å². The molecule has 0 bridgehead atoms. The summed E-state index contributed by atoms with van der Waals surface area (Å²) < 4.78 is 23.5. The number of amides is 2. The highest BCUT2D eigenvalue weighted by molar-refractivity contribution is 6.04. The standard InChI is InChI=1S/C19H19FN2O4/c1-25-15-7-8-16(17(10-15)26-2)22-11-12(9-18(22)23)19(24)21-14-5-3-13(20)4-6-14/h3-8,10,12H,9,11H2,1-2H3,(H,21,24)/t12-/m1/s1. The van der Waals surface area contributed by atoms with Crippen molar-refractivity contribution >= 4 is 23.2 Å². The molecule has 136 valence electrons. The number of ether oxygens (including phenoxy) is 2. The van der Waals surface area contributed by atoms with Crippen LogP contribution in [0, 0.1) is 11.7 Å². The molecule has 0 aliphatic carbocycles. The van der Waals surface area contributed by atoms with Crippen molar-refractivity contribution in [1.82, 2.24) is 0 Å². The highest BCUT2D eigenvalue weighted by Crippen LogP contribution is 2.36. The van der Waals surface area contributed by atoms with Gasteiger partial charge in [-0.05, 0) is 36.4 Å². The molecule has 7 heteroatoms. The molecule has 2 aromatic carbocycles. The van der Waals surface area contributed by atoms with Gasteiger partial charge in [0.1, 0.15) is 17.3 Å². The van der Waals surface area contributed by atoms with E-state index in [0.29, 0.717) is 22.9 Å². The van der Waals surface area contributed by atoms with Crippen LogP contribution in [0.1, 0.15) is 6.42 Å². The molecule has 1 fully saturated rings. The molecule has 0 unspecified atom stereocenters. The summed E-state index contributed by atoms with van der Waals surface area (Å²) in [6.45, 7) is 0.245. The van der Waals surface area contributed by atoms with Gasteiger partial charge < -0.3 is 19.7 Å². The van der Waals surface area contributed by atoms with E-state index in [4.69, 9.17) is 9.47 Å². The van der Waals surface area contributed by atoms with E-state index in [1.54, 1.807) is 25.3 Å². The molecule has 2 aromatic rings. The molecule has 1 aliphatic heterocycles. The summed E-state index contributed by atoms with van der Waals surface area (Å²) in [7, 11) is 3.06. The number of nitrogens with zero attached hydrogens (tertiary/aromatic N) is 1. The molecule has 1 heterocycles. The maximum atomic E-state index is 13.0. The van der Waals surface area contributed by atoms with Crippen molar-refractivity contribution in [1.29, 1.82) is 0 Å². The molecule has 1 aliphatic rings. The number of hydrogen-bond donors (Lipinski definition) is 1. The van der Waals surface area contributed by atoms with Crippen LogP contribution >= 0.6 is 0 Å². The molecule has 0 saturated carbocycles. The fourth-order valence-electron chi connectivity index (χ4n) is 2.90. The van der Waals surface area contributed by atoms with Gasteiger partial charge in [-0.3, -0.25) is 9.59 Å². The monoisotopic (exact) mass is 358 g/mol. The first-order valence-corrected chi connectivity index (χ1v) is 8.10. The summed E-state index contributed by atoms with van der Waals surface area (Å²) in [5.41, 5.74) is 1.08. The van der Waals surface area contributed by atoms with Crippen LogP contribution in [0.3, 0.4) is 0 Å². The Bertz CT molecular complexity index is 823. The van der Waals surface area contributed by atoms with Crippen molar-refractivity contribution in [2.45, 2.75) is 6.42 Å². The molecule has 6 nitrogen and oxygen atoms in total. The number of halogens is 1. The molecular weight excluding hydrogens is 339 g/mol.